The third-order valence-electron chi connectivity index (χ3n) is 10.2. The second kappa shape index (κ2) is 42.4. The van der Waals surface area contributed by atoms with Gasteiger partial charge in [-0.25, -0.2) is 9.59 Å². The number of aromatic nitrogens is 3. The van der Waals surface area contributed by atoms with E-state index in [2.05, 4.69) is 45.4 Å². The van der Waals surface area contributed by atoms with Crippen LogP contribution in [0.2, 0.25) is 0 Å². The molecule has 19 heteroatoms. The van der Waals surface area contributed by atoms with Crippen LogP contribution in [-0.4, -0.2) is 141 Å². The normalized spacial score (nSPS) is 11.5. The summed E-state index contributed by atoms with van der Waals surface area (Å²) in [6.45, 7) is 7.48. The molecule has 5 N–H and O–H groups in total. The molecule has 0 bridgehead atoms. The largest absolute Gasteiger partial charge is 0.480 e. The van der Waals surface area contributed by atoms with E-state index in [-0.39, 0.29) is 102 Å². The minimum atomic E-state index is -1.16. The molecule has 0 spiro atoms. The van der Waals surface area contributed by atoms with E-state index in [0.717, 1.165) is 44.9 Å². The Balaban J connectivity index is 1.92. The summed E-state index contributed by atoms with van der Waals surface area (Å²) in [6, 6.07) is -1.12. The molecule has 0 aromatic carbocycles. The number of rotatable bonds is 46. The number of ketones is 1. The lowest BCUT2D eigenvalue weighted by molar-refractivity contribution is -0.142. The minimum Gasteiger partial charge on any atom is -0.480 e. The van der Waals surface area contributed by atoms with E-state index in [4.69, 9.17) is 23.7 Å². The number of carboxylic acids is 1. The van der Waals surface area contributed by atoms with E-state index in [9.17, 15) is 33.9 Å². The second-order valence-corrected chi connectivity index (χ2v) is 16.2. The number of carbonyl (C=O) groups is 6. The van der Waals surface area contributed by atoms with Gasteiger partial charge in [-0.3, -0.25) is 23.9 Å². The molecule has 19 nitrogen and oxygen atoms in total. The molecule has 0 fully saturated rings. The molecular weight excluding hydrogens is 843 g/mol. The summed E-state index contributed by atoms with van der Waals surface area (Å²) in [7, 11) is 0. The molecule has 374 valence electrons. The Hall–Kier alpha value is -4.20. The van der Waals surface area contributed by atoms with Crippen molar-refractivity contribution in [2.24, 2.45) is 0 Å². The van der Waals surface area contributed by atoms with Crippen LogP contribution in [0.1, 0.15) is 154 Å². The van der Waals surface area contributed by atoms with Crippen LogP contribution in [0.15, 0.2) is 6.20 Å². The van der Waals surface area contributed by atoms with E-state index in [1.165, 1.54) is 57.8 Å². The highest BCUT2D eigenvalue weighted by Gasteiger charge is 2.21. The fourth-order valence-corrected chi connectivity index (χ4v) is 6.48. The molecule has 1 aromatic heterocycles. The first kappa shape index (κ1) is 58.8. The molecule has 1 atom stereocenters. The Morgan fingerprint density at radius 1 is 0.585 bits per heavy atom. The number of ether oxygens (including phenoxy) is 5. The molecule has 0 radical (unpaired) electrons. The van der Waals surface area contributed by atoms with Crippen LogP contribution in [0, 0.1) is 0 Å². The van der Waals surface area contributed by atoms with Gasteiger partial charge in [0.2, 0.25) is 17.7 Å². The summed E-state index contributed by atoms with van der Waals surface area (Å²) >= 11 is 0. The number of amides is 4. The zero-order valence-corrected chi connectivity index (χ0v) is 39.7. The number of nitrogens with one attached hydrogen (secondary N) is 4. The predicted molar refractivity (Wildman–Crippen MR) is 245 cm³/mol. The number of nitrogens with zero attached hydrogens (tertiary/aromatic N) is 3. The van der Waals surface area contributed by atoms with Crippen molar-refractivity contribution in [2.45, 2.75) is 168 Å². The van der Waals surface area contributed by atoms with Gasteiger partial charge in [0.05, 0.1) is 51.9 Å². The molecule has 0 saturated heterocycles. The van der Waals surface area contributed by atoms with Crippen LogP contribution in [0.3, 0.4) is 0 Å². The van der Waals surface area contributed by atoms with Crippen molar-refractivity contribution in [2.75, 3.05) is 79.1 Å². The molecule has 0 aliphatic heterocycles. The van der Waals surface area contributed by atoms with Crippen molar-refractivity contribution in [3.05, 3.63) is 11.9 Å². The van der Waals surface area contributed by atoms with Gasteiger partial charge in [0.15, 0.2) is 5.78 Å². The van der Waals surface area contributed by atoms with Crippen LogP contribution < -0.4 is 21.3 Å². The highest BCUT2D eigenvalue weighted by molar-refractivity contribution is 5.84. The van der Waals surface area contributed by atoms with Crippen molar-refractivity contribution < 1.29 is 57.6 Å². The number of carbonyl (C=O) groups excluding carboxylic acids is 5. The fourth-order valence-electron chi connectivity index (χ4n) is 6.48. The lowest BCUT2D eigenvalue weighted by Gasteiger charge is -2.14. The molecule has 0 aliphatic carbocycles. The molecule has 0 aliphatic rings. The smallest absolute Gasteiger partial charge is 0.407 e. The maximum atomic E-state index is 12.3. The maximum absolute atomic E-state index is 12.3. The molecule has 0 saturated carbocycles. The monoisotopic (exact) mass is 926 g/mol. The number of aliphatic carboxylic acids is 1. The Morgan fingerprint density at radius 2 is 1.18 bits per heavy atom. The van der Waals surface area contributed by atoms with Crippen LogP contribution in [0.5, 0.6) is 0 Å². The van der Waals surface area contributed by atoms with Gasteiger partial charge in [0.25, 0.3) is 0 Å². The summed E-state index contributed by atoms with van der Waals surface area (Å²) in [4.78, 5) is 72.0. The molecule has 1 rings (SSSR count). The summed E-state index contributed by atoms with van der Waals surface area (Å²) in [5.41, 5.74) is 0.679. The zero-order valence-electron chi connectivity index (χ0n) is 39.7. The van der Waals surface area contributed by atoms with E-state index in [1.54, 1.807) is 10.9 Å². The Labute approximate surface area is 387 Å². The van der Waals surface area contributed by atoms with Crippen molar-refractivity contribution in [3.8, 4) is 0 Å². The summed E-state index contributed by atoms with van der Waals surface area (Å²) in [6.07, 6.45) is 21.5. The van der Waals surface area contributed by atoms with E-state index >= 15 is 0 Å². The van der Waals surface area contributed by atoms with Crippen molar-refractivity contribution >= 4 is 35.6 Å². The lowest BCUT2D eigenvalue weighted by Crippen LogP contribution is -2.41. The first-order chi connectivity index (χ1) is 31.6. The third-order valence-corrected chi connectivity index (χ3v) is 10.2. The van der Waals surface area contributed by atoms with Gasteiger partial charge in [-0.05, 0) is 25.7 Å². The van der Waals surface area contributed by atoms with Gasteiger partial charge >= 0.3 is 12.1 Å². The molecule has 1 heterocycles. The first-order valence-corrected chi connectivity index (χ1v) is 24.3. The van der Waals surface area contributed by atoms with Gasteiger partial charge < -0.3 is 50.1 Å². The van der Waals surface area contributed by atoms with Gasteiger partial charge in [-0.15, -0.1) is 5.10 Å². The fraction of sp³-hybridized carbons (Fsp3) is 0.826. The topological polar surface area (TPSA) is 248 Å². The maximum Gasteiger partial charge on any atom is 0.407 e. The number of alkyl carbamates (subject to hydrolysis) is 1. The first-order valence-electron chi connectivity index (χ1n) is 24.3. The van der Waals surface area contributed by atoms with Crippen molar-refractivity contribution in [1.29, 1.82) is 0 Å². The summed E-state index contributed by atoms with van der Waals surface area (Å²) in [5, 5.41) is 28.3. The van der Waals surface area contributed by atoms with E-state index < -0.39 is 18.1 Å². The summed E-state index contributed by atoms with van der Waals surface area (Å²) < 4.78 is 28.4. The van der Waals surface area contributed by atoms with E-state index in [1.807, 2.05) is 0 Å². The highest BCUT2D eigenvalue weighted by Crippen LogP contribution is 2.13. The van der Waals surface area contributed by atoms with Gasteiger partial charge in [-0.2, -0.15) is 0 Å². The van der Waals surface area contributed by atoms with Crippen LogP contribution >= 0.6 is 0 Å². The third kappa shape index (κ3) is 37.7. The predicted octanol–water partition coefficient (Wildman–Crippen LogP) is 5.22. The Bertz CT molecular complexity index is 1400. The molecule has 1 unspecified atom stereocenters. The van der Waals surface area contributed by atoms with Crippen LogP contribution in [0.25, 0.3) is 0 Å². The van der Waals surface area contributed by atoms with Crippen LogP contribution in [-0.2, 0) is 60.6 Å². The SMILES string of the molecule is CCCCCCCCCCCCCCCC(=O)NC(CCC(=O)NCCOCCOCC(=O)CCCOCCOCC(=O)NCCn1cc(CCOC(=O)NCCCCC)nn1)C(=O)O. The quantitative estimate of drug-likeness (QED) is 0.0527. The van der Waals surface area contributed by atoms with Gasteiger partial charge in [0.1, 0.15) is 19.3 Å². The average molecular weight is 926 g/mol. The van der Waals surface area contributed by atoms with Crippen molar-refractivity contribution in [1.82, 2.24) is 36.3 Å². The minimum absolute atomic E-state index is 0.00637. The number of unbranched alkanes of at least 4 members (excludes halogenated alkanes) is 14. The van der Waals surface area contributed by atoms with Gasteiger partial charge in [0, 0.05) is 58.1 Å². The number of Topliss-reactive ketones (excluding diaryl/α,β-unsaturated/α-hetero) is 1. The lowest BCUT2D eigenvalue weighted by atomic mass is 10.0. The number of hydrogen-bond donors (Lipinski definition) is 5. The second-order valence-electron chi connectivity index (χ2n) is 16.2. The van der Waals surface area contributed by atoms with Crippen molar-refractivity contribution in [3.63, 3.8) is 0 Å². The molecular formula is C46H83N7O12. The average Bonchev–Trinajstić information content (AvgIpc) is 3.74. The standard InChI is InChI=1S/C46H83N7O12/c1-3-5-7-8-9-10-11-12-13-14-15-16-17-21-43(56)50-41(45(58)59)22-23-42(55)48-27-31-62-33-34-63-37-40(54)20-19-29-61-32-35-64-38-44(57)47-26-28-53-36-39(51-52-53)24-30-65-46(60)49-25-18-6-4-2/h36,41H,3-35,37-38H2,1-2H3,(H,47,57)(H,48,55)(H,49,60)(H,50,56)(H,58,59). The number of carboxylic acid groups (broad SMARTS) is 1. The Morgan fingerprint density at radius 3 is 1.86 bits per heavy atom. The number of hydrogen-bond acceptors (Lipinski definition) is 13. The Kier molecular flexibility index (Phi) is 38.4. The molecule has 65 heavy (non-hydrogen) atoms. The molecule has 1 aromatic rings. The van der Waals surface area contributed by atoms with Crippen LogP contribution in [0.4, 0.5) is 4.79 Å². The molecule has 4 amide bonds. The zero-order chi connectivity index (χ0) is 47.4. The van der Waals surface area contributed by atoms with E-state index in [0.29, 0.717) is 51.2 Å². The summed E-state index contributed by atoms with van der Waals surface area (Å²) in [5.74, 6) is -2.15. The van der Waals surface area contributed by atoms with Gasteiger partial charge in [-0.1, -0.05) is 109 Å². The highest BCUT2D eigenvalue weighted by atomic mass is 16.5.